The van der Waals surface area contributed by atoms with E-state index in [-0.39, 0.29) is 66.0 Å². The molecule has 0 amide bonds. The molecule has 1 aliphatic rings. The van der Waals surface area contributed by atoms with Crippen molar-refractivity contribution >= 4 is 45.6 Å². The van der Waals surface area contributed by atoms with Crippen molar-refractivity contribution in [3.8, 4) is 12.8 Å². The summed E-state index contributed by atoms with van der Waals surface area (Å²) >= 11 is 2.51. The third-order valence-corrected chi connectivity index (χ3v) is 5.81. The number of aliphatic hydroxyl groups excluding tert-OH is 1. The van der Waals surface area contributed by atoms with Gasteiger partial charge in [-0.1, -0.05) is 95.1 Å². The maximum atomic E-state index is 8.74. The molecule has 1 rings (SSSR count). The minimum Gasteiger partial charge on any atom is -1.00 e. The van der Waals surface area contributed by atoms with Crippen LogP contribution < -0.4 is 24.0 Å². The van der Waals surface area contributed by atoms with Gasteiger partial charge in [0.25, 0.3) is 0 Å². The molecule has 0 bridgehead atoms. The summed E-state index contributed by atoms with van der Waals surface area (Å²) in [5.74, 6) is 1.05. The average Bonchev–Trinajstić information content (AvgIpc) is 3.46. The minimum absolute atomic E-state index is 0. The second-order valence-electron chi connectivity index (χ2n) is 7.17. The first kappa shape index (κ1) is 25.4. The third-order valence-electron chi connectivity index (χ3n) is 4.57. The predicted octanol–water partition coefficient (Wildman–Crippen LogP) is 5.51. The number of ether oxygens (including phenoxy) is 1. The Balaban J connectivity index is -0.000000107. The van der Waals surface area contributed by atoms with Crippen molar-refractivity contribution in [3.05, 3.63) is 6.88 Å². The summed E-state index contributed by atoms with van der Waals surface area (Å²) in [7, 11) is 0. The predicted molar refractivity (Wildman–Crippen MR) is 153 cm³/mol. The molecule has 1 saturated heterocycles. The van der Waals surface area contributed by atoms with Crippen LogP contribution in [0.2, 0.25) is 0 Å². The summed E-state index contributed by atoms with van der Waals surface area (Å²) in [6, 6.07) is 0. The SMILES string of the molecule is C#C.C1CCOC1.CCCC[C@@H](CI)CCC.[2H]C([2H])([2H])C([2H])([2H])C[C@@H](CCC)CCCO.[2H][C-]([2H])C([2H])([2H])[2H].[I-].[Mg+2]. The molecule has 0 saturated carbocycles. The summed E-state index contributed by atoms with van der Waals surface area (Å²) in [4.78, 5) is 0. The van der Waals surface area contributed by atoms with E-state index in [0.717, 1.165) is 32.0 Å². The Morgan fingerprint density at radius 2 is 1.53 bits per heavy atom. The Labute approximate surface area is 265 Å². The number of rotatable bonds is 13. The van der Waals surface area contributed by atoms with Gasteiger partial charge in [0.1, 0.15) is 0 Å². The first-order valence-corrected chi connectivity index (χ1v) is 12.9. The molecular formula is C27H56I2MgO2. The normalized spacial score (nSPS) is 18.8. The molecule has 2 nitrogen and oxygen atoms in total. The van der Waals surface area contributed by atoms with Gasteiger partial charge in [-0.2, -0.15) is 6.85 Å². The number of hydrogen-bond donors (Lipinski definition) is 1. The van der Waals surface area contributed by atoms with E-state index in [1.807, 2.05) is 6.92 Å². The van der Waals surface area contributed by atoms with Crippen LogP contribution in [0.5, 0.6) is 0 Å². The average molecular weight is 701 g/mol. The van der Waals surface area contributed by atoms with E-state index in [2.05, 4.69) is 49.3 Å². The quantitative estimate of drug-likeness (QED) is 0.0904. The molecule has 1 heterocycles. The fourth-order valence-corrected chi connectivity index (χ4v) is 3.87. The first-order valence-electron chi connectivity index (χ1n) is 16.4. The molecule has 0 aliphatic carbocycles. The Kier molecular flexibility index (Phi) is 39.4. The Bertz CT molecular complexity index is 542. The molecule has 32 heavy (non-hydrogen) atoms. The molecule has 5 heteroatoms. The molecule has 192 valence electrons. The van der Waals surface area contributed by atoms with E-state index in [0.29, 0.717) is 12.8 Å². The summed E-state index contributed by atoms with van der Waals surface area (Å²) in [5, 5.41) is 8.74. The zero-order chi connectivity index (χ0) is 32.3. The molecule has 0 spiro atoms. The van der Waals surface area contributed by atoms with Crippen LogP contribution in [-0.2, 0) is 4.74 Å². The molecule has 0 radical (unpaired) electrons. The van der Waals surface area contributed by atoms with Gasteiger partial charge in [0.15, 0.2) is 0 Å². The van der Waals surface area contributed by atoms with Crippen LogP contribution in [0.25, 0.3) is 0 Å². The van der Waals surface area contributed by atoms with Crippen LogP contribution in [0.1, 0.15) is 132 Å². The van der Waals surface area contributed by atoms with E-state index in [1.165, 1.54) is 49.4 Å². The molecule has 0 aromatic rings. The summed E-state index contributed by atoms with van der Waals surface area (Å²) in [6.07, 6.45) is 18.5. The van der Waals surface area contributed by atoms with E-state index < -0.39 is 27.0 Å². The Morgan fingerprint density at radius 3 is 1.88 bits per heavy atom. The Hall–Kier alpha value is 1.71. The molecule has 0 aromatic heterocycles. The summed E-state index contributed by atoms with van der Waals surface area (Å²) in [6.45, 7) is 2.57. The number of halogens is 2. The van der Waals surface area contributed by atoms with Crippen LogP contribution in [0, 0.1) is 31.6 Å². The van der Waals surface area contributed by atoms with Gasteiger partial charge in [0, 0.05) is 31.1 Å². The van der Waals surface area contributed by atoms with Crippen LogP contribution in [0.15, 0.2) is 0 Å². The van der Waals surface area contributed by atoms with E-state index in [4.69, 9.17) is 23.6 Å². The monoisotopic (exact) mass is 700 g/mol. The summed E-state index contributed by atoms with van der Waals surface area (Å²) in [5.41, 5.74) is 0. The number of unbranched alkanes of at least 4 members (excludes halogenated alkanes) is 1. The number of aliphatic hydroxyl groups is 1. The topological polar surface area (TPSA) is 29.5 Å². The van der Waals surface area contributed by atoms with Gasteiger partial charge in [-0.05, 0) is 54.5 Å². The van der Waals surface area contributed by atoms with Crippen molar-refractivity contribution in [1.82, 2.24) is 0 Å². The first-order chi connectivity index (χ1) is 18.5. The number of terminal acetylenes is 1. The zero-order valence-electron chi connectivity index (χ0n) is 30.9. The molecule has 2 atom stereocenters. The minimum atomic E-state index is -2.56. The summed E-state index contributed by atoms with van der Waals surface area (Å²) < 4.78 is 74.3. The van der Waals surface area contributed by atoms with E-state index >= 15 is 0 Å². The molecule has 0 aromatic carbocycles. The molecule has 1 N–H and O–H groups in total. The van der Waals surface area contributed by atoms with Crippen LogP contribution in [0.4, 0.5) is 0 Å². The van der Waals surface area contributed by atoms with Gasteiger partial charge in [0.2, 0.25) is 0 Å². The Morgan fingerprint density at radius 1 is 1.00 bits per heavy atom. The second kappa shape index (κ2) is 49.8. The van der Waals surface area contributed by atoms with Gasteiger partial charge in [0.05, 0.1) is 0 Å². The van der Waals surface area contributed by atoms with Crippen molar-refractivity contribution in [2.45, 2.75) is 118 Å². The van der Waals surface area contributed by atoms with Crippen molar-refractivity contribution in [2.75, 3.05) is 24.2 Å². The van der Waals surface area contributed by atoms with Crippen molar-refractivity contribution in [2.24, 2.45) is 11.8 Å². The largest absolute Gasteiger partial charge is 2.00 e. The van der Waals surface area contributed by atoms with E-state index in [9.17, 15) is 0 Å². The maximum Gasteiger partial charge on any atom is 2.00 e. The number of alkyl halides is 1. The molecular weight excluding hydrogens is 634 g/mol. The third kappa shape index (κ3) is 45.2. The van der Waals surface area contributed by atoms with Crippen molar-refractivity contribution in [3.63, 3.8) is 0 Å². The van der Waals surface area contributed by atoms with Gasteiger partial charge in [-0.3, -0.25) is 0 Å². The molecule has 1 aliphatic heterocycles. The van der Waals surface area contributed by atoms with Gasteiger partial charge < -0.3 is 40.7 Å². The standard InChI is InChI=1S/C10H22O.C9H19I.C4H8O.C2H5.C2H2.HI.Mg/c1-3-6-10(7-4-2)8-5-9-11;1-3-5-7-9(8-10)6-4-2;1-2-4-5-3-1;2*1-2;;/h10-11H,3-9H2,1-2H3;9H,3-8H2,1-2H3;1-4H2;1H2,2H3;1-2H;1H;/q;;;-1;;;+2/p-1/t;9-;;;;;/m.0...../s1/i1D3,3D2;;;1D2,2D3;;;/t10-;;;;;;/m0....../s1. The van der Waals surface area contributed by atoms with E-state index in [1.54, 1.807) is 0 Å². The second-order valence-corrected chi connectivity index (χ2v) is 8.05. The molecule has 1 fully saturated rings. The molecule has 0 unspecified atom stereocenters. The van der Waals surface area contributed by atoms with Gasteiger partial charge >= 0.3 is 23.1 Å². The fraction of sp³-hybridized carbons (Fsp3) is 0.889. The van der Waals surface area contributed by atoms with Crippen LogP contribution in [-0.4, -0.2) is 52.4 Å². The van der Waals surface area contributed by atoms with Crippen LogP contribution >= 0.6 is 22.6 Å². The van der Waals surface area contributed by atoms with Crippen molar-refractivity contribution < 1.29 is 47.5 Å². The zero-order valence-corrected chi connectivity index (χ0v) is 26.7. The maximum absolute atomic E-state index is 8.74. The smallest absolute Gasteiger partial charge is 1.00 e. The van der Waals surface area contributed by atoms with Gasteiger partial charge in [-0.15, -0.1) is 12.8 Å². The van der Waals surface area contributed by atoms with Crippen molar-refractivity contribution in [1.29, 1.82) is 0 Å². The van der Waals surface area contributed by atoms with Gasteiger partial charge in [-0.25, -0.2) is 2.74 Å². The van der Waals surface area contributed by atoms with Crippen LogP contribution in [0.3, 0.4) is 0 Å². The fourth-order valence-electron chi connectivity index (χ4n) is 2.99. The number of hydrogen-bond acceptors (Lipinski definition) is 2.